The molecule has 2 aliphatic heterocycles. The lowest BCUT2D eigenvalue weighted by atomic mass is 10.0. The summed E-state index contributed by atoms with van der Waals surface area (Å²) in [4.78, 5) is 37.9. The van der Waals surface area contributed by atoms with Gasteiger partial charge in [0.05, 0.1) is 13.2 Å². The molecule has 9 nitrogen and oxygen atoms in total. The second kappa shape index (κ2) is 8.66. The quantitative estimate of drug-likeness (QED) is 0.797. The molecule has 0 radical (unpaired) electrons. The lowest BCUT2D eigenvalue weighted by Crippen LogP contribution is -2.41. The maximum Gasteiger partial charge on any atom is 0.319 e. The number of hydrogen-bond donors (Lipinski definition) is 2. The van der Waals surface area contributed by atoms with Crippen LogP contribution in [-0.2, 0) is 11.2 Å². The predicted molar refractivity (Wildman–Crippen MR) is 114 cm³/mol. The lowest BCUT2D eigenvalue weighted by molar-refractivity contribution is 0.0774. The average molecular weight is 410 g/mol. The van der Waals surface area contributed by atoms with Gasteiger partial charge in [-0.2, -0.15) is 0 Å². The van der Waals surface area contributed by atoms with Crippen LogP contribution in [0.4, 0.5) is 16.3 Å². The van der Waals surface area contributed by atoms with Gasteiger partial charge in [0.15, 0.2) is 5.82 Å². The largest absolute Gasteiger partial charge is 0.378 e. The van der Waals surface area contributed by atoms with Crippen LogP contribution in [0.15, 0.2) is 24.3 Å². The summed E-state index contributed by atoms with van der Waals surface area (Å²) in [6.07, 6.45) is 0.736. The maximum atomic E-state index is 12.8. The first kappa shape index (κ1) is 20.1. The number of rotatable bonds is 4. The number of morpholine rings is 1. The third kappa shape index (κ3) is 4.06. The molecule has 2 N–H and O–H groups in total. The molecule has 0 spiro atoms. The second-order valence-corrected chi connectivity index (χ2v) is 7.34. The zero-order chi connectivity index (χ0) is 21.1. The summed E-state index contributed by atoms with van der Waals surface area (Å²) in [6.45, 7) is 5.83. The smallest absolute Gasteiger partial charge is 0.319 e. The Bertz CT molecular complexity index is 941. The number of nitrogens with one attached hydrogen (secondary N) is 2. The van der Waals surface area contributed by atoms with Crippen molar-refractivity contribution in [2.45, 2.75) is 13.3 Å². The van der Waals surface area contributed by atoms with Gasteiger partial charge >= 0.3 is 6.03 Å². The van der Waals surface area contributed by atoms with Gasteiger partial charge < -0.3 is 25.2 Å². The summed E-state index contributed by atoms with van der Waals surface area (Å²) in [6, 6.07) is 7.05. The Labute approximate surface area is 175 Å². The Morgan fingerprint density at radius 3 is 2.57 bits per heavy atom. The molecule has 2 aliphatic rings. The number of ether oxygens (including phenoxy) is 1. The number of urea groups is 1. The minimum absolute atomic E-state index is 0.0797. The third-order valence-electron chi connectivity index (χ3n) is 5.28. The van der Waals surface area contributed by atoms with Crippen LogP contribution < -0.4 is 15.5 Å². The van der Waals surface area contributed by atoms with Crippen LogP contribution in [0.1, 0.15) is 23.0 Å². The van der Waals surface area contributed by atoms with E-state index in [0.717, 1.165) is 36.5 Å². The zero-order valence-corrected chi connectivity index (χ0v) is 17.3. The molecule has 2 aromatic rings. The van der Waals surface area contributed by atoms with Gasteiger partial charge in [-0.3, -0.25) is 4.79 Å². The molecule has 1 aromatic carbocycles. The van der Waals surface area contributed by atoms with Crippen LogP contribution in [0, 0.1) is 0 Å². The maximum absolute atomic E-state index is 12.8. The Balaban J connectivity index is 1.69. The highest BCUT2D eigenvalue weighted by molar-refractivity contribution is 5.96. The molecule has 158 valence electrons. The minimum Gasteiger partial charge on any atom is -0.378 e. The molecular formula is C21H26N6O3. The Morgan fingerprint density at radius 1 is 1.13 bits per heavy atom. The zero-order valence-electron chi connectivity index (χ0n) is 17.3. The van der Waals surface area contributed by atoms with Crippen LogP contribution in [0.25, 0.3) is 11.4 Å². The van der Waals surface area contributed by atoms with E-state index in [-0.39, 0.29) is 11.9 Å². The van der Waals surface area contributed by atoms with Gasteiger partial charge in [0.25, 0.3) is 5.91 Å². The molecule has 1 aromatic heterocycles. The molecule has 0 aliphatic carbocycles. The Morgan fingerprint density at radius 2 is 1.87 bits per heavy atom. The van der Waals surface area contributed by atoms with Crippen molar-refractivity contribution in [3.63, 3.8) is 0 Å². The summed E-state index contributed by atoms with van der Waals surface area (Å²) in [5.41, 5.74) is 2.85. The predicted octanol–water partition coefficient (Wildman–Crippen LogP) is 1.75. The van der Waals surface area contributed by atoms with E-state index >= 15 is 0 Å². The summed E-state index contributed by atoms with van der Waals surface area (Å²) in [5.74, 6) is 1.25. The van der Waals surface area contributed by atoms with Crippen LogP contribution >= 0.6 is 0 Å². The summed E-state index contributed by atoms with van der Waals surface area (Å²) in [5, 5.41) is 5.47. The number of carbonyl (C=O) groups is 2. The number of hydrogen-bond acceptors (Lipinski definition) is 6. The fraction of sp³-hybridized carbons (Fsp3) is 0.429. The molecule has 4 rings (SSSR count). The monoisotopic (exact) mass is 410 g/mol. The van der Waals surface area contributed by atoms with Crippen molar-refractivity contribution in [2.24, 2.45) is 0 Å². The Hall–Kier alpha value is -3.20. The van der Waals surface area contributed by atoms with Crippen molar-refractivity contribution in [1.29, 1.82) is 0 Å². The van der Waals surface area contributed by atoms with Crippen molar-refractivity contribution in [2.75, 3.05) is 56.7 Å². The number of anilines is 2. The summed E-state index contributed by atoms with van der Waals surface area (Å²) >= 11 is 0. The van der Waals surface area contributed by atoms with E-state index in [2.05, 4.69) is 20.5 Å². The van der Waals surface area contributed by atoms with Gasteiger partial charge in [0.2, 0.25) is 0 Å². The number of fused-ring (bicyclic) bond motifs is 1. The molecule has 0 saturated carbocycles. The van der Waals surface area contributed by atoms with E-state index in [1.807, 2.05) is 19.1 Å². The first-order valence-electron chi connectivity index (χ1n) is 10.2. The number of carbonyl (C=O) groups excluding carboxylic acids is 2. The van der Waals surface area contributed by atoms with Crippen molar-refractivity contribution in [3.05, 3.63) is 35.5 Å². The average Bonchev–Trinajstić information content (AvgIpc) is 2.77. The Kier molecular flexibility index (Phi) is 5.80. The van der Waals surface area contributed by atoms with Crippen LogP contribution in [-0.4, -0.2) is 73.2 Å². The molecule has 0 atom stereocenters. The van der Waals surface area contributed by atoms with E-state index in [1.165, 1.54) is 0 Å². The van der Waals surface area contributed by atoms with Gasteiger partial charge in [-0.25, -0.2) is 14.8 Å². The molecule has 30 heavy (non-hydrogen) atoms. The summed E-state index contributed by atoms with van der Waals surface area (Å²) < 4.78 is 5.48. The van der Waals surface area contributed by atoms with Crippen LogP contribution in [0.5, 0.6) is 0 Å². The SMILES string of the molecule is CCNC(=O)Nc1ccc(-c2nc3c(c(N4CCOCC4)n2)CCN(C)C3=O)cc1. The van der Waals surface area contributed by atoms with Gasteiger partial charge in [0.1, 0.15) is 11.5 Å². The van der Waals surface area contributed by atoms with Crippen molar-refractivity contribution in [1.82, 2.24) is 20.2 Å². The molecule has 3 heterocycles. The van der Waals surface area contributed by atoms with Crippen molar-refractivity contribution in [3.8, 4) is 11.4 Å². The van der Waals surface area contributed by atoms with E-state index in [0.29, 0.717) is 43.5 Å². The van der Waals surface area contributed by atoms with Gasteiger partial charge in [-0.05, 0) is 37.6 Å². The van der Waals surface area contributed by atoms with Crippen molar-refractivity contribution >= 4 is 23.4 Å². The van der Waals surface area contributed by atoms with Gasteiger partial charge in [-0.1, -0.05) is 0 Å². The van der Waals surface area contributed by atoms with E-state index in [1.54, 1.807) is 24.1 Å². The van der Waals surface area contributed by atoms with E-state index in [4.69, 9.17) is 9.72 Å². The van der Waals surface area contributed by atoms with Crippen LogP contribution in [0.3, 0.4) is 0 Å². The van der Waals surface area contributed by atoms with Gasteiger partial charge in [0, 0.05) is 50.0 Å². The van der Waals surface area contributed by atoms with Crippen molar-refractivity contribution < 1.29 is 14.3 Å². The fourth-order valence-corrected chi connectivity index (χ4v) is 3.65. The van der Waals surface area contributed by atoms with Gasteiger partial charge in [-0.15, -0.1) is 0 Å². The molecule has 1 saturated heterocycles. The number of nitrogens with zero attached hydrogens (tertiary/aromatic N) is 4. The van der Waals surface area contributed by atoms with Crippen LogP contribution in [0.2, 0.25) is 0 Å². The molecule has 0 unspecified atom stereocenters. The van der Waals surface area contributed by atoms with E-state index in [9.17, 15) is 9.59 Å². The highest BCUT2D eigenvalue weighted by Gasteiger charge is 2.30. The minimum atomic E-state index is -0.251. The molecule has 1 fully saturated rings. The molecular weight excluding hydrogens is 384 g/mol. The second-order valence-electron chi connectivity index (χ2n) is 7.34. The first-order valence-corrected chi connectivity index (χ1v) is 10.2. The molecule has 0 bridgehead atoms. The highest BCUT2D eigenvalue weighted by Crippen LogP contribution is 2.30. The number of aromatic nitrogens is 2. The fourth-order valence-electron chi connectivity index (χ4n) is 3.65. The molecule has 9 heteroatoms. The number of amides is 3. The lowest BCUT2D eigenvalue weighted by Gasteiger charge is -2.32. The number of likely N-dealkylation sites (N-methyl/N-ethyl adjacent to an activating group) is 1. The standard InChI is InChI=1S/C21H26N6O3/c1-3-22-21(29)23-15-6-4-14(5-7-15)18-24-17-16(8-9-26(2)20(17)28)19(25-18)27-10-12-30-13-11-27/h4-7H,3,8-13H2,1-2H3,(H2,22,23,29). The normalized spacial score (nSPS) is 16.3. The molecule has 3 amide bonds. The topological polar surface area (TPSA) is 99.7 Å². The third-order valence-corrected chi connectivity index (χ3v) is 5.28. The highest BCUT2D eigenvalue weighted by atomic mass is 16.5. The first-order chi connectivity index (χ1) is 14.6. The van der Waals surface area contributed by atoms with E-state index < -0.39 is 0 Å². The number of benzene rings is 1. The summed E-state index contributed by atoms with van der Waals surface area (Å²) in [7, 11) is 1.79.